The fraction of sp³-hybridized carbons (Fsp3) is 0.671. The first-order valence-corrected chi connectivity index (χ1v) is 46.0. The van der Waals surface area contributed by atoms with Crippen molar-refractivity contribution < 1.29 is 175 Å². The van der Waals surface area contributed by atoms with E-state index >= 15 is 0 Å². The number of aldehydes is 2. The van der Waals surface area contributed by atoms with Crippen molar-refractivity contribution in [3.05, 3.63) is 119 Å². The van der Waals surface area contributed by atoms with Crippen LogP contribution in [0.25, 0.3) is 0 Å². The second-order valence-electron chi connectivity index (χ2n) is 30.7. The summed E-state index contributed by atoms with van der Waals surface area (Å²) in [7, 11) is -2.13. The van der Waals surface area contributed by atoms with Crippen LogP contribution in [0, 0.1) is 52.3 Å². The summed E-state index contributed by atoms with van der Waals surface area (Å²) in [4.78, 5) is 20.6. The van der Waals surface area contributed by atoms with E-state index in [-0.39, 0.29) is 179 Å². The number of nitrogens with two attached hydrogens (primary N) is 1. The largest absolute Gasteiger partial charge is 1.00 e. The average molecular weight is 1830 g/mol. The SMILES string of the molecule is C1CCOC1.C1CCOC1.CC#N.CC(C)(C)[O-].CS(=O)(=O)Cl.CS(=O)(=O)OCC1CCC(F)(F)CC1.CSC.N#CCC(O)c1cccc(OCC2CCC(F)(F)CC2)c1.NCCC(O)c1cccc(OCC2CCC(F)(F)CC2)c1.O=Cc1cccc(O)c1.O=Cc1cccc(OCC2CCC(F)(F)CC2)c1.OCC1CCC(F)(F)CC1.[B].[K+]. The molecule has 2 atom stereocenters. The van der Waals surface area contributed by atoms with Crippen LogP contribution in [-0.4, -0.2) is 184 Å². The van der Waals surface area contributed by atoms with Crippen LogP contribution in [0.3, 0.4) is 0 Å². The molecule has 4 aromatic carbocycles. The first-order valence-electron chi connectivity index (χ1n) is 39.8. The number of phenols is 1. The molecule has 0 aromatic heterocycles. The van der Waals surface area contributed by atoms with Crippen molar-refractivity contribution in [1.82, 2.24) is 0 Å². The number of hydrogen-bond donors (Lipinski definition) is 5. The van der Waals surface area contributed by atoms with E-state index in [9.17, 15) is 85.6 Å². The molecule has 2 saturated heterocycles. The van der Waals surface area contributed by atoms with Gasteiger partial charge >= 0.3 is 51.4 Å². The topological polar surface area (TPSA) is 335 Å². The van der Waals surface area contributed by atoms with E-state index in [1.165, 1.54) is 44.7 Å². The molecule has 6 N–H and O–H groups in total. The minimum atomic E-state index is -3.44. The number of nitriles is 2. The van der Waals surface area contributed by atoms with Gasteiger partial charge in [0, 0.05) is 134 Å². The maximum atomic E-state index is 13.1. The summed E-state index contributed by atoms with van der Waals surface area (Å²) in [6.07, 6.45) is 15.5. The molecule has 4 aromatic rings. The monoisotopic (exact) mass is 1830 g/mol. The first-order chi connectivity index (χ1) is 55.7. The summed E-state index contributed by atoms with van der Waals surface area (Å²) in [5.41, 5.74) is 7.13. The number of hydrogen-bond acceptors (Lipinski definition) is 21. The number of aliphatic hydroxyl groups excluding tert-OH is 3. The van der Waals surface area contributed by atoms with E-state index in [1.807, 2.05) is 36.8 Å². The van der Waals surface area contributed by atoms with Crippen LogP contribution in [0.15, 0.2) is 97.1 Å². The predicted molar refractivity (Wildman–Crippen MR) is 448 cm³/mol. The van der Waals surface area contributed by atoms with Crippen LogP contribution >= 0.6 is 22.4 Å². The molecule has 121 heavy (non-hydrogen) atoms. The van der Waals surface area contributed by atoms with Gasteiger partial charge in [0.25, 0.3) is 10.1 Å². The van der Waals surface area contributed by atoms with Crippen LogP contribution in [-0.2, 0) is 32.8 Å². The van der Waals surface area contributed by atoms with Crippen LogP contribution in [0.4, 0.5) is 43.9 Å². The summed E-state index contributed by atoms with van der Waals surface area (Å²) in [6, 6.07) is 30.9. The number of phenolic OH excluding ortho intramolecular Hbond substituents is 1. The zero-order valence-electron chi connectivity index (χ0n) is 71.4. The summed E-state index contributed by atoms with van der Waals surface area (Å²) in [5, 5.41) is 63.1. The molecule has 7 aliphatic rings. The van der Waals surface area contributed by atoms with Crippen molar-refractivity contribution in [2.24, 2.45) is 35.3 Å². The Hall–Kier alpha value is -4.38. The Kier molecular flexibility index (Phi) is 65.9. The van der Waals surface area contributed by atoms with Gasteiger partial charge in [0.2, 0.25) is 38.7 Å². The van der Waals surface area contributed by atoms with Crippen LogP contribution in [0.5, 0.6) is 23.0 Å². The van der Waals surface area contributed by atoms with Crippen molar-refractivity contribution >= 4 is 62.6 Å². The Bertz CT molecular complexity index is 3620. The molecule has 36 heteroatoms. The number of nitrogens with zero attached hydrogens (tertiary/aromatic N) is 2. The fourth-order valence-electron chi connectivity index (χ4n) is 11.7. The second kappa shape index (κ2) is 66.1. The Labute approximate surface area is 764 Å². The minimum absolute atomic E-state index is 0. The molecule has 2 unspecified atom stereocenters. The predicted octanol–water partition coefficient (Wildman–Crippen LogP) is 15.7. The van der Waals surface area contributed by atoms with Crippen molar-refractivity contribution in [1.29, 1.82) is 10.5 Å². The van der Waals surface area contributed by atoms with Gasteiger partial charge in [-0.2, -0.15) is 30.7 Å². The Morgan fingerprint density at radius 1 is 0.554 bits per heavy atom. The van der Waals surface area contributed by atoms with Crippen LogP contribution < -0.4 is 76.4 Å². The van der Waals surface area contributed by atoms with Gasteiger partial charge in [-0.15, -0.1) is 5.60 Å². The zero-order valence-corrected chi connectivity index (χ0v) is 77.7. The van der Waals surface area contributed by atoms with Gasteiger partial charge in [0.15, 0.2) is 0 Å². The third-order valence-corrected chi connectivity index (χ3v) is 18.8. The van der Waals surface area contributed by atoms with Crippen LogP contribution in [0.1, 0.15) is 239 Å². The van der Waals surface area contributed by atoms with Gasteiger partial charge in [0.05, 0.1) is 69.7 Å². The third kappa shape index (κ3) is 69.4. The summed E-state index contributed by atoms with van der Waals surface area (Å²) < 4.78 is 200. The number of thioether (sulfide) groups is 1. The zero-order chi connectivity index (χ0) is 90.2. The Balaban J connectivity index is -0.00000132. The summed E-state index contributed by atoms with van der Waals surface area (Å²) in [6.45, 7) is 12.2. The number of aromatic hydroxyl groups is 1. The number of alkyl halides is 10. The van der Waals surface area contributed by atoms with Crippen molar-refractivity contribution in [2.75, 3.05) is 91.0 Å². The third-order valence-electron chi connectivity index (χ3n) is 18.3. The van der Waals surface area contributed by atoms with Crippen molar-refractivity contribution in [3.8, 4) is 35.1 Å². The number of aliphatic hydroxyl groups is 3. The molecule has 0 spiro atoms. The molecular weight excluding hydrogens is 1710 g/mol. The van der Waals surface area contributed by atoms with Crippen LogP contribution in [0.2, 0.25) is 0 Å². The molecule has 0 bridgehead atoms. The first kappa shape index (κ1) is 121. The molecule has 11 rings (SSSR count). The maximum Gasteiger partial charge on any atom is 1.00 e. The maximum absolute atomic E-state index is 13.1. The molecule has 2 heterocycles. The van der Waals surface area contributed by atoms with Gasteiger partial charge in [-0.3, -0.25) is 13.8 Å². The van der Waals surface area contributed by atoms with Crippen molar-refractivity contribution in [2.45, 2.75) is 242 Å². The van der Waals surface area contributed by atoms with E-state index < -0.39 is 66.6 Å². The van der Waals surface area contributed by atoms with E-state index in [4.69, 9.17) is 50.2 Å². The van der Waals surface area contributed by atoms with E-state index in [0.717, 1.165) is 50.8 Å². The number of halogens is 11. The standard InChI is InChI=1S/C16H23F2NO2.C16H19F2NO2.C14H16F2O2.C8H14F2O3S.C7H12F2O.C7H6O2.2C4H8O.C4H9O.C2H3N.C2H6S.CH3ClO2S.B.K/c2*17-16(18)7-4-12(5-8-16)11-21-14-3-1-2-13(10-14)15(20)6-9-19;15-14(16)6-4-11(5-7-14)10-18-13-3-1-2-12(8-13)9-17;1-14(11,12)13-6-7-2-4-8(9,10)5-3-7;8-7(9)3-1-6(5-10)2-4-7;8-5-6-2-1-3-7(9)4-6;2*1-2-4-5-3-1;1-4(2,3)5;1-2-3;1-3-2;1-5(2,3)4;;/h1-3,10,12,15,20H,4-9,11,19H2;1-3,10,12,15,20H,4-8,11H2;1-3,8-9,11H,4-7,10H2;7H,2-6H2,1H3;6,10H,1-5H2;1-5,9H;2*1-4H2;1-3H3;1H3;1-2H3;1H3;;/q;;;;;;;;-1;;;;;+1. The number of rotatable bonds is 20. The molecule has 5 aliphatic carbocycles. The summed E-state index contributed by atoms with van der Waals surface area (Å²) >= 11 is 1.75. The number of benzene rings is 4. The Morgan fingerprint density at radius 2 is 0.826 bits per heavy atom. The molecule has 2 aliphatic heterocycles. The Morgan fingerprint density at radius 3 is 1.08 bits per heavy atom. The number of carbonyl (C=O) groups is 2. The minimum Gasteiger partial charge on any atom is -0.850 e. The fourth-order valence-corrected chi connectivity index (χ4v) is 12.1. The van der Waals surface area contributed by atoms with Gasteiger partial charge < -0.3 is 55.0 Å². The van der Waals surface area contributed by atoms with Gasteiger partial charge in [-0.1, -0.05) is 69.3 Å². The summed E-state index contributed by atoms with van der Waals surface area (Å²) in [5.74, 6) is -9.92. The molecule has 20 nitrogen and oxygen atoms in total. The van der Waals surface area contributed by atoms with E-state index in [2.05, 4.69) is 14.9 Å². The normalized spacial score (nSPS) is 18.6. The van der Waals surface area contributed by atoms with Gasteiger partial charge in [-0.05, 0) is 205 Å². The molecular formula is C85H127BClF10KN3O17S3. The van der Waals surface area contributed by atoms with Crippen molar-refractivity contribution in [3.63, 3.8) is 0 Å². The quantitative estimate of drug-likeness (QED) is 0.0180. The average Bonchev–Trinajstić information content (AvgIpc) is 1.73. The van der Waals surface area contributed by atoms with E-state index in [1.54, 1.807) is 105 Å². The van der Waals surface area contributed by atoms with Gasteiger partial charge in [-0.25, -0.2) is 52.3 Å². The second-order valence-corrected chi connectivity index (χ2v) is 36.2. The van der Waals surface area contributed by atoms with E-state index in [0.29, 0.717) is 137 Å². The van der Waals surface area contributed by atoms with Gasteiger partial charge in [0.1, 0.15) is 35.6 Å². The molecule has 0 amide bonds. The number of ether oxygens (including phenoxy) is 5. The molecule has 5 saturated carbocycles. The molecule has 3 radical (unpaired) electrons. The molecule has 683 valence electrons. The molecule has 7 fully saturated rings. The number of carbonyl (C=O) groups excluding carboxylic acids is 2. The smallest absolute Gasteiger partial charge is 0.850 e.